The van der Waals surface area contributed by atoms with E-state index < -0.39 is 5.82 Å². The fourth-order valence-electron chi connectivity index (χ4n) is 4.29. The molecular weight excluding hydrogens is 473 g/mol. The van der Waals surface area contributed by atoms with Crippen molar-refractivity contribution >= 4 is 18.0 Å². The number of allylic oxidation sites excluding steroid dienone is 1. The quantitative estimate of drug-likeness (QED) is 0.382. The first-order valence-corrected chi connectivity index (χ1v) is 12.4. The first-order chi connectivity index (χ1) is 17.9. The molecule has 8 heteroatoms. The van der Waals surface area contributed by atoms with Crippen LogP contribution in [-0.2, 0) is 28.9 Å². The summed E-state index contributed by atoms with van der Waals surface area (Å²) in [6, 6.07) is 11.1. The average Bonchev–Trinajstić information content (AvgIpc) is 3.24. The van der Waals surface area contributed by atoms with Crippen LogP contribution in [0.15, 0.2) is 66.7 Å². The lowest BCUT2D eigenvalue weighted by Crippen LogP contribution is -2.35. The molecule has 37 heavy (non-hydrogen) atoms. The van der Waals surface area contributed by atoms with Gasteiger partial charge in [-0.3, -0.25) is 9.59 Å². The zero-order valence-electron chi connectivity index (χ0n) is 21.4. The van der Waals surface area contributed by atoms with Gasteiger partial charge in [-0.15, -0.1) is 0 Å². The molecule has 0 fully saturated rings. The number of hydrogen-bond donors (Lipinski definition) is 3. The summed E-state index contributed by atoms with van der Waals surface area (Å²) in [5.41, 5.74) is 5.77. The minimum absolute atomic E-state index is 0.140. The van der Waals surface area contributed by atoms with E-state index in [0.29, 0.717) is 54.0 Å². The van der Waals surface area contributed by atoms with Crippen LogP contribution in [-0.4, -0.2) is 35.9 Å². The second-order valence-corrected chi connectivity index (χ2v) is 8.89. The maximum atomic E-state index is 14.7. The van der Waals surface area contributed by atoms with Crippen molar-refractivity contribution in [2.75, 3.05) is 13.6 Å². The molecule has 1 amide bonds. The highest BCUT2D eigenvalue weighted by Gasteiger charge is 2.25. The molecule has 0 saturated heterocycles. The van der Waals surface area contributed by atoms with Crippen LogP contribution in [0.5, 0.6) is 0 Å². The molecular formula is C29H34FN3O4. The van der Waals surface area contributed by atoms with Crippen LogP contribution < -0.4 is 10.8 Å². The summed E-state index contributed by atoms with van der Waals surface area (Å²) >= 11 is 0. The largest absolute Gasteiger partial charge is 0.456 e. The van der Waals surface area contributed by atoms with Crippen molar-refractivity contribution in [2.24, 2.45) is 0 Å². The minimum Gasteiger partial charge on any atom is -0.456 e. The number of amides is 1. The van der Waals surface area contributed by atoms with Crippen molar-refractivity contribution in [3.63, 3.8) is 0 Å². The number of ether oxygens (including phenoxy) is 1. The number of aldehydes is 1. The summed E-state index contributed by atoms with van der Waals surface area (Å²) in [6.45, 7) is 6.72. The van der Waals surface area contributed by atoms with Gasteiger partial charge in [-0.05, 0) is 48.9 Å². The van der Waals surface area contributed by atoms with Crippen LogP contribution in [0.4, 0.5) is 4.39 Å². The van der Waals surface area contributed by atoms with Gasteiger partial charge in [0, 0.05) is 49.1 Å². The molecule has 0 spiro atoms. The molecule has 0 radical (unpaired) electrons. The summed E-state index contributed by atoms with van der Waals surface area (Å²) < 4.78 is 20.5. The Balaban J connectivity index is 0.00000121. The Morgan fingerprint density at radius 3 is 2.70 bits per heavy atom. The van der Waals surface area contributed by atoms with Crippen molar-refractivity contribution in [2.45, 2.75) is 45.6 Å². The highest BCUT2D eigenvalue weighted by Crippen LogP contribution is 2.26. The van der Waals surface area contributed by atoms with Crippen molar-refractivity contribution < 1.29 is 23.9 Å². The third kappa shape index (κ3) is 7.38. The number of hydroxylamine groups is 1. The van der Waals surface area contributed by atoms with Crippen LogP contribution in [0, 0.1) is 5.82 Å². The molecule has 0 aromatic heterocycles. The third-order valence-corrected chi connectivity index (χ3v) is 6.15. The number of rotatable bonds is 6. The van der Waals surface area contributed by atoms with Gasteiger partial charge in [0.2, 0.25) is 0 Å². The van der Waals surface area contributed by atoms with E-state index in [1.165, 1.54) is 18.7 Å². The van der Waals surface area contributed by atoms with E-state index >= 15 is 0 Å². The second-order valence-electron chi connectivity index (χ2n) is 8.89. The molecule has 2 aromatic carbocycles. The number of carbonyl (C=O) groups excluding carboxylic acids is 2. The summed E-state index contributed by atoms with van der Waals surface area (Å²) in [7, 11) is 1.43. The van der Waals surface area contributed by atoms with Crippen LogP contribution in [0.2, 0.25) is 0 Å². The van der Waals surface area contributed by atoms with Crippen molar-refractivity contribution in [3.8, 4) is 0 Å². The highest BCUT2D eigenvalue weighted by atomic mass is 19.1. The van der Waals surface area contributed by atoms with Gasteiger partial charge < -0.3 is 20.2 Å². The van der Waals surface area contributed by atoms with Gasteiger partial charge in [0.15, 0.2) is 5.76 Å². The van der Waals surface area contributed by atoms with E-state index in [-0.39, 0.29) is 12.5 Å². The van der Waals surface area contributed by atoms with Crippen LogP contribution >= 0.6 is 0 Å². The van der Waals surface area contributed by atoms with E-state index in [0.717, 1.165) is 30.4 Å². The van der Waals surface area contributed by atoms with Gasteiger partial charge in [-0.1, -0.05) is 44.2 Å². The molecule has 7 nitrogen and oxygen atoms in total. The molecule has 0 saturated carbocycles. The average molecular weight is 508 g/mol. The Morgan fingerprint density at radius 1 is 1.30 bits per heavy atom. The Morgan fingerprint density at radius 2 is 2.03 bits per heavy atom. The number of fused-ring (bicyclic) bond motifs is 1. The molecule has 0 atom stereocenters. The van der Waals surface area contributed by atoms with Gasteiger partial charge in [0.1, 0.15) is 23.6 Å². The van der Waals surface area contributed by atoms with Crippen molar-refractivity contribution in [1.29, 1.82) is 0 Å². The second kappa shape index (κ2) is 13.5. The van der Waals surface area contributed by atoms with Crippen LogP contribution in [0.1, 0.15) is 58.8 Å². The predicted octanol–water partition coefficient (Wildman–Crippen LogP) is 4.87. The van der Waals surface area contributed by atoms with Crippen LogP contribution in [0.25, 0.3) is 5.76 Å². The van der Waals surface area contributed by atoms with E-state index in [1.807, 2.05) is 12.1 Å². The Hall–Kier alpha value is -3.75. The maximum absolute atomic E-state index is 14.7. The zero-order valence-corrected chi connectivity index (χ0v) is 21.4. The zero-order chi connectivity index (χ0) is 26.8. The molecule has 2 aromatic rings. The van der Waals surface area contributed by atoms with Gasteiger partial charge in [0.25, 0.3) is 5.91 Å². The molecule has 4 rings (SSSR count). The molecule has 196 valence electrons. The number of aryl methyl sites for hydroxylation is 2. The molecule has 2 aliphatic heterocycles. The molecule has 2 aliphatic rings. The monoisotopic (exact) mass is 507 g/mol. The topological polar surface area (TPSA) is 90.9 Å². The molecule has 3 N–H and O–H groups in total. The van der Waals surface area contributed by atoms with E-state index in [1.54, 1.807) is 28.7 Å². The van der Waals surface area contributed by atoms with Gasteiger partial charge in [-0.2, -0.15) is 0 Å². The standard InChI is InChI=1S/C28H29FN2O3.CH5NO/c1-3-4-6-20-8-10-22(11-9-20)27-16-30-26(13-19(2)34-27)28(33)31-12-5-7-23-14-21(18-32)15-25(29)24(23)17-31;1-2-3/h8-11,13-16,18,30H,2-7,12,17H2,1H3;2-3H,1H3. The smallest absolute Gasteiger partial charge is 0.270 e. The lowest BCUT2D eigenvalue weighted by Gasteiger charge is -2.22. The maximum Gasteiger partial charge on any atom is 0.270 e. The van der Waals surface area contributed by atoms with Crippen molar-refractivity contribution in [1.82, 2.24) is 15.7 Å². The van der Waals surface area contributed by atoms with Crippen LogP contribution in [0.3, 0.4) is 0 Å². The molecule has 0 unspecified atom stereocenters. The summed E-state index contributed by atoms with van der Waals surface area (Å²) in [4.78, 5) is 26.0. The van der Waals surface area contributed by atoms with Gasteiger partial charge >= 0.3 is 0 Å². The number of nitrogens with zero attached hydrogens (tertiary/aromatic N) is 1. The first kappa shape index (κ1) is 27.8. The number of benzene rings is 2. The number of nitrogens with one attached hydrogen (secondary N) is 2. The summed E-state index contributed by atoms with van der Waals surface area (Å²) in [5, 5.41) is 10.4. The summed E-state index contributed by atoms with van der Waals surface area (Å²) in [6.07, 6.45) is 8.50. The number of halogens is 1. The number of hydrogen-bond acceptors (Lipinski definition) is 6. The first-order valence-electron chi connectivity index (χ1n) is 12.4. The van der Waals surface area contributed by atoms with E-state index in [9.17, 15) is 14.0 Å². The van der Waals surface area contributed by atoms with Gasteiger partial charge in [0.05, 0.1) is 0 Å². The lowest BCUT2D eigenvalue weighted by molar-refractivity contribution is -0.128. The normalized spacial score (nSPS) is 14.9. The summed E-state index contributed by atoms with van der Waals surface area (Å²) in [5.74, 6) is 0.190. The molecule has 0 bridgehead atoms. The van der Waals surface area contributed by atoms with E-state index in [4.69, 9.17) is 9.94 Å². The highest BCUT2D eigenvalue weighted by molar-refractivity contribution is 5.94. The molecule has 0 aliphatic carbocycles. The third-order valence-electron chi connectivity index (χ3n) is 6.15. The number of carbonyl (C=O) groups is 2. The SMILES string of the molecule is C=C1C=C(C(=O)N2CCCc3cc(C=O)cc(F)c3C2)NC=C(c2ccc(CCCC)cc2)O1.CNO. The fourth-order valence-corrected chi connectivity index (χ4v) is 4.29. The lowest BCUT2D eigenvalue weighted by atomic mass is 10.0. The Bertz CT molecular complexity index is 1190. The van der Waals surface area contributed by atoms with E-state index in [2.05, 4.69) is 31.0 Å². The number of unbranched alkanes of at least 4 members (excludes halogenated alkanes) is 1. The minimum atomic E-state index is -0.459. The molecule has 2 heterocycles. The Labute approximate surface area is 217 Å². The Kier molecular flexibility index (Phi) is 10.2. The van der Waals surface area contributed by atoms with Crippen molar-refractivity contribution in [3.05, 3.63) is 100 Å². The fraction of sp³-hybridized carbons (Fsp3) is 0.310. The van der Waals surface area contributed by atoms with Gasteiger partial charge in [-0.25, -0.2) is 9.87 Å². The predicted molar refractivity (Wildman–Crippen MR) is 141 cm³/mol.